The second-order valence-electron chi connectivity index (χ2n) is 8.99. The van der Waals surface area contributed by atoms with Crippen LogP contribution in [-0.2, 0) is 9.59 Å². The SMILES string of the molecule is NC(=O)C12CC3CC(C1)C(CC(=O)N1CCOc4ccc(F)cc41)C(C3)C2. The Bertz CT molecular complexity index is 795. The number of carbonyl (C=O) groups is 2. The zero-order valence-corrected chi connectivity index (χ0v) is 15.3. The quantitative estimate of drug-likeness (QED) is 0.887. The van der Waals surface area contributed by atoms with E-state index in [9.17, 15) is 14.0 Å². The van der Waals surface area contributed by atoms with Gasteiger partial charge in [-0.2, -0.15) is 0 Å². The van der Waals surface area contributed by atoms with Crippen molar-refractivity contribution >= 4 is 17.5 Å². The van der Waals surface area contributed by atoms with Crippen LogP contribution in [0.2, 0.25) is 0 Å². The molecule has 6 heteroatoms. The highest BCUT2D eigenvalue weighted by atomic mass is 19.1. The Kier molecular flexibility index (Phi) is 3.75. The molecule has 4 aliphatic carbocycles. The molecular weight excluding hydrogens is 347 g/mol. The Labute approximate surface area is 158 Å². The first-order valence-electron chi connectivity index (χ1n) is 9.98. The molecule has 2 N–H and O–H groups in total. The predicted molar refractivity (Wildman–Crippen MR) is 97.5 cm³/mol. The fourth-order valence-corrected chi connectivity index (χ4v) is 6.53. The van der Waals surface area contributed by atoms with Crippen LogP contribution in [0.1, 0.15) is 38.5 Å². The van der Waals surface area contributed by atoms with Crippen LogP contribution in [0.5, 0.6) is 5.75 Å². The van der Waals surface area contributed by atoms with Crippen molar-refractivity contribution in [1.29, 1.82) is 0 Å². The third kappa shape index (κ3) is 2.64. The van der Waals surface area contributed by atoms with Crippen LogP contribution in [0, 0.1) is 34.9 Å². The van der Waals surface area contributed by atoms with Crippen molar-refractivity contribution in [2.24, 2.45) is 34.8 Å². The van der Waals surface area contributed by atoms with Crippen molar-refractivity contribution in [3.8, 4) is 5.75 Å². The number of nitrogens with zero attached hydrogens (tertiary/aromatic N) is 1. The summed E-state index contributed by atoms with van der Waals surface area (Å²) in [4.78, 5) is 26.9. The fraction of sp³-hybridized carbons (Fsp3) is 0.619. The zero-order chi connectivity index (χ0) is 18.8. The van der Waals surface area contributed by atoms with Crippen LogP contribution in [0.15, 0.2) is 18.2 Å². The number of fused-ring (bicyclic) bond motifs is 1. The maximum absolute atomic E-state index is 13.7. The van der Waals surface area contributed by atoms with Gasteiger partial charge in [-0.15, -0.1) is 0 Å². The number of anilines is 1. The number of benzene rings is 1. The van der Waals surface area contributed by atoms with Gasteiger partial charge in [0.15, 0.2) is 0 Å². The third-order valence-corrected chi connectivity index (χ3v) is 7.49. The van der Waals surface area contributed by atoms with Gasteiger partial charge >= 0.3 is 0 Å². The van der Waals surface area contributed by atoms with Crippen molar-refractivity contribution < 1.29 is 18.7 Å². The van der Waals surface area contributed by atoms with Crippen LogP contribution in [0.3, 0.4) is 0 Å². The molecule has 0 aromatic heterocycles. The molecule has 4 saturated carbocycles. The molecule has 5 nitrogen and oxygen atoms in total. The second-order valence-corrected chi connectivity index (χ2v) is 8.99. The van der Waals surface area contributed by atoms with E-state index in [2.05, 4.69) is 0 Å². The minimum absolute atomic E-state index is 0.0377. The average Bonchev–Trinajstić information content (AvgIpc) is 2.63. The molecule has 4 bridgehead atoms. The molecule has 144 valence electrons. The van der Waals surface area contributed by atoms with E-state index in [0.29, 0.717) is 54.7 Å². The first-order chi connectivity index (χ1) is 12.9. The monoisotopic (exact) mass is 372 g/mol. The summed E-state index contributed by atoms with van der Waals surface area (Å²) < 4.78 is 19.3. The van der Waals surface area contributed by atoms with Crippen LogP contribution in [0.4, 0.5) is 10.1 Å². The van der Waals surface area contributed by atoms with Crippen molar-refractivity contribution in [3.05, 3.63) is 24.0 Å². The van der Waals surface area contributed by atoms with Gasteiger partial charge in [0, 0.05) is 17.9 Å². The van der Waals surface area contributed by atoms with Gasteiger partial charge in [-0.05, 0) is 67.9 Å². The number of amides is 2. The number of nitrogens with two attached hydrogens (primary N) is 1. The fourth-order valence-electron chi connectivity index (χ4n) is 6.53. The number of hydrogen-bond acceptors (Lipinski definition) is 3. The maximum Gasteiger partial charge on any atom is 0.227 e. The van der Waals surface area contributed by atoms with Gasteiger partial charge in [0.25, 0.3) is 0 Å². The number of rotatable bonds is 3. The summed E-state index contributed by atoms with van der Waals surface area (Å²) in [5.74, 6) is 1.78. The smallest absolute Gasteiger partial charge is 0.227 e. The van der Waals surface area contributed by atoms with Crippen LogP contribution >= 0.6 is 0 Å². The van der Waals surface area contributed by atoms with E-state index in [4.69, 9.17) is 10.5 Å². The highest BCUT2D eigenvalue weighted by molar-refractivity contribution is 5.95. The summed E-state index contributed by atoms with van der Waals surface area (Å²) in [6.45, 7) is 0.875. The molecule has 2 amide bonds. The molecule has 1 aromatic carbocycles. The van der Waals surface area contributed by atoms with Gasteiger partial charge in [0.1, 0.15) is 18.2 Å². The van der Waals surface area contributed by atoms with E-state index in [1.807, 2.05) is 0 Å². The van der Waals surface area contributed by atoms with E-state index >= 15 is 0 Å². The van der Waals surface area contributed by atoms with Crippen molar-refractivity contribution in [2.45, 2.75) is 38.5 Å². The van der Waals surface area contributed by atoms with Gasteiger partial charge in [-0.1, -0.05) is 0 Å². The second kappa shape index (κ2) is 5.94. The van der Waals surface area contributed by atoms with E-state index in [0.717, 1.165) is 32.1 Å². The molecule has 1 aromatic rings. The third-order valence-electron chi connectivity index (χ3n) is 7.49. The van der Waals surface area contributed by atoms with Gasteiger partial charge in [0.05, 0.1) is 12.2 Å². The minimum atomic E-state index is -0.366. The van der Waals surface area contributed by atoms with Crippen LogP contribution in [0.25, 0.3) is 0 Å². The summed E-state index contributed by atoms with van der Waals surface area (Å²) in [5, 5.41) is 0. The lowest BCUT2D eigenvalue weighted by Crippen LogP contribution is -2.56. The van der Waals surface area contributed by atoms with E-state index in [1.54, 1.807) is 11.0 Å². The van der Waals surface area contributed by atoms with Crippen molar-refractivity contribution in [1.82, 2.24) is 0 Å². The van der Waals surface area contributed by atoms with Crippen molar-refractivity contribution in [2.75, 3.05) is 18.1 Å². The summed E-state index contributed by atoms with van der Waals surface area (Å²) >= 11 is 0. The highest BCUT2D eigenvalue weighted by Gasteiger charge is 2.58. The van der Waals surface area contributed by atoms with Gasteiger partial charge in [0.2, 0.25) is 11.8 Å². The molecule has 0 spiro atoms. The Hall–Kier alpha value is -2.11. The van der Waals surface area contributed by atoms with E-state index in [1.165, 1.54) is 12.1 Å². The van der Waals surface area contributed by atoms with E-state index < -0.39 is 0 Å². The lowest BCUT2D eigenvalue weighted by atomic mass is 9.45. The number of hydrogen-bond donors (Lipinski definition) is 1. The maximum atomic E-state index is 13.7. The van der Waals surface area contributed by atoms with Crippen molar-refractivity contribution in [3.63, 3.8) is 0 Å². The number of ether oxygens (including phenoxy) is 1. The number of carbonyl (C=O) groups excluding carboxylic acids is 2. The normalized spacial score (nSPS) is 36.3. The summed E-state index contributed by atoms with van der Waals surface area (Å²) in [6.07, 6.45) is 5.29. The Balaban J connectivity index is 1.36. The summed E-state index contributed by atoms with van der Waals surface area (Å²) in [5.41, 5.74) is 5.96. The Morgan fingerprint density at radius 2 is 1.96 bits per heavy atom. The molecule has 1 aliphatic heterocycles. The average molecular weight is 372 g/mol. The first kappa shape index (κ1) is 17.0. The largest absolute Gasteiger partial charge is 0.490 e. The summed E-state index contributed by atoms with van der Waals surface area (Å²) in [6, 6.07) is 4.32. The first-order valence-corrected chi connectivity index (χ1v) is 9.98. The Morgan fingerprint density at radius 1 is 1.22 bits per heavy atom. The standard InChI is InChI=1S/C21H25FN2O3/c22-15-1-2-18-17(7-15)24(3-4-27-18)19(25)8-16-13-5-12-6-14(16)11-21(9-12,10-13)20(23)26/h1-2,7,12-14,16H,3-6,8-11H2,(H2,23,26). The summed E-state index contributed by atoms with van der Waals surface area (Å²) in [7, 11) is 0. The molecule has 0 radical (unpaired) electrons. The molecule has 4 fully saturated rings. The van der Waals surface area contributed by atoms with Crippen LogP contribution in [-0.4, -0.2) is 25.0 Å². The Morgan fingerprint density at radius 3 is 2.67 bits per heavy atom. The molecule has 2 unspecified atom stereocenters. The molecule has 1 heterocycles. The molecule has 5 aliphatic rings. The highest BCUT2D eigenvalue weighted by Crippen LogP contribution is 2.62. The lowest BCUT2D eigenvalue weighted by molar-refractivity contribution is -0.151. The van der Waals surface area contributed by atoms with E-state index in [-0.39, 0.29) is 23.0 Å². The number of primary amides is 1. The molecular formula is C21H25FN2O3. The van der Waals surface area contributed by atoms with Crippen LogP contribution < -0.4 is 15.4 Å². The van der Waals surface area contributed by atoms with Gasteiger partial charge in [-0.3, -0.25) is 9.59 Å². The van der Waals surface area contributed by atoms with Gasteiger partial charge in [-0.25, -0.2) is 4.39 Å². The zero-order valence-electron chi connectivity index (χ0n) is 15.3. The lowest BCUT2D eigenvalue weighted by Gasteiger charge is -2.59. The topological polar surface area (TPSA) is 72.6 Å². The molecule has 6 rings (SSSR count). The predicted octanol–water partition coefficient (Wildman–Crippen LogP) is 2.87. The molecule has 0 saturated heterocycles. The van der Waals surface area contributed by atoms with Gasteiger partial charge < -0.3 is 15.4 Å². The molecule has 2 atom stereocenters. The number of halogens is 1. The molecule has 27 heavy (non-hydrogen) atoms. The minimum Gasteiger partial charge on any atom is -0.490 e.